The van der Waals surface area contributed by atoms with Crippen molar-refractivity contribution in [3.05, 3.63) is 53.9 Å². The maximum Gasteiger partial charge on any atom is 0.333 e. The number of rotatable bonds is 5. The average Bonchev–Trinajstić information content (AvgIpc) is 3.38. The lowest BCUT2D eigenvalue weighted by molar-refractivity contribution is 0.256. The number of benzene rings is 1. The van der Waals surface area contributed by atoms with Crippen molar-refractivity contribution in [2.45, 2.75) is 44.2 Å². The van der Waals surface area contributed by atoms with E-state index in [2.05, 4.69) is 20.1 Å². The van der Waals surface area contributed by atoms with Gasteiger partial charge in [0.05, 0.1) is 5.69 Å². The molecule has 0 spiro atoms. The summed E-state index contributed by atoms with van der Waals surface area (Å²) in [5.41, 5.74) is 10.1. The van der Waals surface area contributed by atoms with E-state index in [1.807, 2.05) is 26.0 Å². The van der Waals surface area contributed by atoms with E-state index in [0.29, 0.717) is 11.5 Å². The van der Waals surface area contributed by atoms with E-state index in [1.54, 1.807) is 24.5 Å². The first-order valence-corrected chi connectivity index (χ1v) is 11.5. The van der Waals surface area contributed by atoms with Gasteiger partial charge in [0.25, 0.3) is 10.0 Å². The number of pyridine rings is 1. The number of aryl methyl sites for hydroxylation is 1. The van der Waals surface area contributed by atoms with Gasteiger partial charge in [0.1, 0.15) is 5.82 Å². The molecule has 0 saturated carbocycles. The van der Waals surface area contributed by atoms with Crippen LogP contribution in [0.15, 0.2) is 47.8 Å². The van der Waals surface area contributed by atoms with E-state index in [1.165, 1.54) is 10.7 Å². The molecule has 0 radical (unpaired) electrons. The lowest BCUT2D eigenvalue weighted by atomic mass is 9.98. The maximum atomic E-state index is 12.7. The molecule has 4 rings (SSSR count). The number of hydrogen-bond donors (Lipinski definition) is 3. The number of nitrogens with two attached hydrogens (primary N) is 1. The molecular weight excluding hydrogens is 416 g/mol. The van der Waals surface area contributed by atoms with Gasteiger partial charge in [-0.3, -0.25) is 4.68 Å². The molecule has 1 aromatic carbocycles. The Morgan fingerprint density at radius 1 is 1.19 bits per heavy atom. The van der Waals surface area contributed by atoms with Gasteiger partial charge in [-0.05, 0) is 68.0 Å². The Balaban J connectivity index is 1.64. The van der Waals surface area contributed by atoms with Crippen LogP contribution < -0.4 is 15.8 Å². The zero-order valence-corrected chi connectivity index (χ0v) is 18.1. The number of sulfonamides is 1. The van der Waals surface area contributed by atoms with Crippen molar-refractivity contribution in [2.75, 3.05) is 11.1 Å². The Hall–Kier alpha value is -3.40. The Kier molecular flexibility index (Phi) is 5.40. The fraction of sp³-hybridized carbons (Fsp3) is 0.286. The molecule has 9 nitrogen and oxygen atoms in total. The average molecular weight is 441 g/mol. The van der Waals surface area contributed by atoms with E-state index < -0.39 is 16.1 Å². The first-order valence-electron chi connectivity index (χ1n) is 10.0. The summed E-state index contributed by atoms with van der Waals surface area (Å²) >= 11 is 0. The zero-order chi connectivity index (χ0) is 22.2. The summed E-state index contributed by atoms with van der Waals surface area (Å²) in [5, 5.41) is 6.59. The lowest BCUT2D eigenvalue weighted by Crippen LogP contribution is -2.35. The molecule has 0 saturated heterocycles. The van der Waals surface area contributed by atoms with Gasteiger partial charge in [-0.1, -0.05) is 12.1 Å². The Morgan fingerprint density at radius 3 is 2.71 bits per heavy atom. The summed E-state index contributed by atoms with van der Waals surface area (Å²) in [5.74, 6) is 0.358. The standard InChI is InChI=1S/C21H24N6O3S/c1-13(2)27-11-9-19(25-27)31(29,30)26-21(28)24-20-16-5-3-4-14(16)6-7-17(20)15-8-10-23-18(22)12-15/h6-13H,3-5H2,1-2H3,(H2,22,23)(H2,24,26,28). The summed E-state index contributed by atoms with van der Waals surface area (Å²) < 4.78 is 28.8. The van der Waals surface area contributed by atoms with Gasteiger partial charge in [0, 0.05) is 24.0 Å². The molecule has 0 bridgehead atoms. The van der Waals surface area contributed by atoms with Crippen LogP contribution in [0.5, 0.6) is 0 Å². The molecule has 1 aliphatic carbocycles. The molecule has 31 heavy (non-hydrogen) atoms. The highest BCUT2D eigenvalue weighted by atomic mass is 32.2. The van der Waals surface area contributed by atoms with Gasteiger partial charge in [-0.25, -0.2) is 14.5 Å². The van der Waals surface area contributed by atoms with Crippen molar-refractivity contribution in [3.63, 3.8) is 0 Å². The molecule has 2 heterocycles. The highest BCUT2D eigenvalue weighted by Gasteiger charge is 2.24. The van der Waals surface area contributed by atoms with Gasteiger partial charge < -0.3 is 11.1 Å². The van der Waals surface area contributed by atoms with Crippen molar-refractivity contribution in [2.24, 2.45) is 0 Å². The van der Waals surface area contributed by atoms with E-state index >= 15 is 0 Å². The summed E-state index contributed by atoms with van der Waals surface area (Å²) in [6, 6.07) is 7.98. The number of carbonyl (C=O) groups is 1. The number of carbonyl (C=O) groups excluding carboxylic acids is 1. The minimum absolute atomic E-state index is 0.0000367. The van der Waals surface area contributed by atoms with E-state index in [4.69, 9.17) is 5.73 Å². The first-order chi connectivity index (χ1) is 14.7. The number of anilines is 2. The van der Waals surface area contributed by atoms with Crippen LogP contribution in [0.25, 0.3) is 11.1 Å². The quantitative estimate of drug-likeness (QED) is 0.558. The van der Waals surface area contributed by atoms with Crippen molar-refractivity contribution in [1.82, 2.24) is 19.5 Å². The zero-order valence-electron chi connectivity index (χ0n) is 17.3. The van der Waals surface area contributed by atoms with Crippen LogP contribution in [0.3, 0.4) is 0 Å². The fourth-order valence-electron chi connectivity index (χ4n) is 3.73. The summed E-state index contributed by atoms with van der Waals surface area (Å²) in [7, 11) is -4.11. The van der Waals surface area contributed by atoms with Crippen molar-refractivity contribution >= 4 is 27.6 Å². The minimum Gasteiger partial charge on any atom is -0.384 e. The molecule has 4 N–H and O–H groups in total. The number of nitrogens with zero attached hydrogens (tertiary/aromatic N) is 3. The van der Waals surface area contributed by atoms with E-state index in [-0.39, 0.29) is 11.1 Å². The molecule has 2 amide bonds. The normalized spacial score (nSPS) is 13.3. The molecule has 0 fully saturated rings. The van der Waals surface area contributed by atoms with Crippen LogP contribution in [0.1, 0.15) is 37.4 Å². The highest BCUT2D eigenvalue weighted by molar-refractivity contribution is 7.90. The number of urea groups is 1. The summed E-state index contributed by atoms with van der Waals surface area (Å²) in [6.45, 7) is 3.76. The topological polar surface area (TPSA) is 132 Å². The summed E-state index contributed by atoms with van der Waals surface area (Å²) in [6.07, 6.45) is 5.84. The monoisotopic (exact) mass is 440 g/mol. The molecule has 3 aromatic rings. The smallest absolute Gasteiger partial charge is 0.333 e. The van der Waals surface area contributed by atoms with Crippen LogP contribution in [-0.2, 0) is 22.9 Å². The fourth-order valence-corrected chi connectivity index (χ4v) is 4.57. The van der Waals surface area contributed by atoms with Gasteiger partial charge >= 0.3 is 6.03 Å². The molecule has 1 aliphatic rings. The minimum atomic E-state index is -4.11. The third-order valence-electron chi connectivity index (χ3n) is 5.23. The Morgan fingerprint density at radius 2 is 2.00 bits per heavy atom. The van der Waals surface area contributed by atoms with Crippen LogP contribution in [0.4, 0.5) is 16.3 Å². The Bertz CT molecular complexity index is 1250. The molecular formula is C21H24N6O3S. The van der Waals surface area contributed by atoms with Crippen molar-refractivity contribution in [3.8, 4) is 11.1 Å². The molecule has 10 heteroatoms. The highest BCUT2D eigenvalue weighted by Crippen LogP contribution is 2.37. The molecule has 0 aliphatic heterocycles. The third kappa shape index (κ3) is 4.24. The molecule has 2 aromatic heterocycles. The molecule has 0 atom stereocenters. The molecule has 162 valence electrons. The van der Waals surface area contributed by atoms with E-state index in [0.717, 1.165) is 41.5 Å². The van der Waals surface area contributed by atoms with Gasteiger partial charge in [-0.2, -0.15) is 13.5 Å². The molecule has 0 unspecified atom stereocenters. The van der Waals surface area contributed by atoms with Gasteiger partial charge in [0.2, 0.25) is 0 Å². The van der Waals surface area contributed by atoms with Crippen LogP contribution >= 0.6 is 0 Å². The third-order valence-corrected chi connectivity index (χ3v) is 6.45. The Labute approximate surface area is 180 Å². The SMILES string of the molecule is CC(C)n1ccc(S(=O)(=O)NC(=O)Nc2c(-c3ccnc(N)c3)ccc3c2CCC3)n1. The maximum absolute atomic E-state index is 12.7. The van der Waals surface area contributed by atoms with Gasteiger partial charge in [0.15, 0.2) is 5.03 Å². The number of aromatic nitrogens is 3. The predicted molar refractivity (Wildman–Crippen MR) is 118 cm³/mol. The number of amides is 2. The number of nitrogen functional groups attached to an aromatic ring is 1. The first kappa shape index (κ1) is 20.9. The van der Waals surface area contributed by atoms with Crippen LogP contribution in [0, 0.1) is 0 Å². The number of fused-ring (bicyclic) bond motifs is 1. The van der Waals surface area contributed by atoms with Crippen molar-refractivity contribution in [1.29, 1.82) is 0 Å². The second kappa shape index (κ2) is 8.03. The van der Waals surface area contributed by atoms with Crippen molar-refractivity contribution < 1.29 is 13.2 Å². The second-order valence-corrected chi connectivity index (χ2v) is 9.37. The summed E-state index contributed by atoms with van der Waals surface area (Å²) in [4.78, 5) is 16.7. The van der Waals surface area contributed by atoms with Crippen LogP contribution in [-0.4, -0.2) is 29.2 Å². The largest absolute Gasteiger partial charge is 0.384 e. The second-order valence-electron chi connectivity index (χ2n) is 7.74. The van der Waals surface area contributed by atoms with E-state index in [9.17, 15) is 13.2 Å². The lowest BCUT2D eigenvalue weighted by Gasteiger charge is -2.16. The van der Waals surface area contributed by atoms with Crippen LogP contribution in [0.2, 0.25) is 0 Å². The number of hydrogen-bond acceptors (Lipinski definition) is 6. The predicted octanol–water partition coefficient (Wildman–Crippen LogP) is 3.11. The van der Waals surface area contributed by atoms with Gasteiger partial charge in [-0.15, -0.1) is 0 Å². The number of nitrogens with one attached hydrogen (secondary N) is 2.